The number of amides is 1. The molecule has 0 saturated carbocycles. The molecule has 0 radical (unpaired) electrons. The molecule has 0 spiro atoms. The number of carbonyl (C=O) groups is 1. The highest BCUT2D eigenvalue weighted by Gasteiger charge is 2.23. The van der Waals surface area contributed by atoms with Gasteiger partial charge in [0.05, 0.1) is 11.4 Å². The number of carbonyl (C=O) groups excluding carboxylic acids is 1. The number of anilines is 2. The van der Waals surface area contributed by atoms with Crippen LogP contribution in [0.3, 0.4) is 0 Å². The summed E-state index contributed by atoms with van der Waals surface area (Å²) in [4.78, 5) is 14.4. The highest BCUT2D eigenvalue weighted by molar-refractivity contribution is 6.06. The molecule has 0 fully saturated rings. The molecule has 1 aliphatic rings. The molecule has 2 aromatic rings. The van der Waals surface area contributed by atoms with Crippen molar-refractivity contribution in [2.45, 2.75) is 6.42 Å². The van der Waals surface area contributed by atoms with Crippen LogP contribution < -0.4 is 10.2 Å². The van der Waals surface area contributed by atoms with E-state index in [1.54, 1.807) is 21.8 Å². The first kappa shape index (κ1) is 11.8. The number of aromatic nitrogens is 2. The second-order valence-electron chi connectivity index (χ2n) is 4.63. The fraction of sp³-hybridized carbons (Fsp3) is 0.286. The Morgan fingerprint density at radius 3 is 2.95 bits per heavy atom. The van der Waals surface area contributed by atoms with Crippen molar-refractivity contribution in [3.05, 3.63) is 42.2 Å². The van der Waals surface area contributed by atoms with Crippen molar-refractivity contribution in [1.29, 1.82) is 0 Å². The zero-order valence-electron chi connectivity index (χ0n) is 10.8. The van der Waals surface area contributed by atoms with Crippen molar-refractivity contribution in [2.24, 2.45) is 7.05 Å². The first-order chi connectivity index (χ1) is 9.25. The molecule has 0 bridgehead atoms. The van der Waals surface area contributed by atoms with Crippen LogP contribution in [-0.4, -0.2) is 28.8 Å². The summed E-state index contributed by atoms with van der Waals surface area (Å²) in [5.41, 5.74) is 2.42. The molecule has 1 N–H and O–H groups in total. The molecule has 5 nitrogen and oxygen atoms in total. The lowest BCUT2D eigenvalue weighted by molar-refractivity contribution is 0.0982. The average Bonchev–Trinajstić information content (AvgIpc) is 2.74. The van der Waals surface area contributed by atoms with Crippen molar-refractivity contribution < 1.29 is 4.79 Å². The van der Waals surface area contributed by atoms with E-state index >= 15 is 0 Å². The number of fused-ring (bicyclic) bond motifs is 1. The van der Waals surface area contributed by atoms with Gasteiger partial charge in [0.1, 0.15) is 0 Å². The number of rotatable bonds is 1. The van der Waals surface area contributed by atoms with Crippen LogP contribution in [0.25, 0.3) is 0 Å². The van der Waals surface area contributed by atoms with Crippen LogP contribution in [0.15, 0.2) is 36.5 Å². The molecule has 1 aliphatic heterocycles. The lowest BCUT2D eigenvalue weighted by Gasteiger charge is -2.21. The molecule has 2 heterocycles. The molecule has 1 aromatic heterocycles. The lowest BCUT2D eigenvalue weighted by atomic mass is 10.2. The number of benzene rings is 1. The largest absolute Gasteiger partial charge is 0.383 e. The molecule has 0 saturated heterocycles. The highest BCUT2D eigenvalue weighted by atomic mass is 16.2. The Balaban J connectivity index is 1.98. The van der Waals surface area contributed by atoms with Gasteiger partial charge in [0.15, 0.2) is 5.69 Å². The summed E-state index contributed by atoms with van der Waals surface area (Å²) < 4.78 is 1.65. The van der Waals surface area contributed by atoms with E-state index in [1.807, 2.05) is 31.3 Å². The van der Waals surface area contributed by atoms with Gasteiger partial charge < -0.3 is 10.2 Å². The molecule has 3 rings (SSSR count). The van der Waals surface area contributed by atoms with Crippen LogP contribution in [0.1, 0.15) is 16.9 Å². The van der Waals surface area contributed by atoms with E-state index in [4.69, 9.17) is 0 Å². The van der Waals surface area contributed by atoms with Crippen molar-refractivity contribution >= 4 is 17.3 Å². The van der Waals surface area contributed by atoms with Crippen molar-refractivity contribution in [2.75, 3.05) is 23.3 Å². The van der Waals surface area contributed by atoms with E-state index < -0.39 is 0 Å². The van der Waals surface area contributed by atoms with Crippen LogP contribution in [-0.2, 0) is 7.05 Å². The summed E-state index contributed by atoms with van der Waals surface area (Å²) >= 11 is 0. The summed E-state index contributed by atoms with van der Waals surface area (Å²) in [6.45, 7) is 1.59. The first-order valence-electron chi connectivity index (χ1n) is 6.40. The highest BCUT2D eigenvalue weighted by Crippen LogP contribution is 2.28. The SMILES string of the molecule is Cn1ccc(C(=O)N2CCCNc3ccccc32)n1. The predicted octanol–water partition coefficient (Wildman–Crippen LogP) is 1.88. The Bertz CT molecular complexity index is 605. The number of nitrogens with zero attached hydrogens (tertiary/aromatic N) is 3. The molecule has 1 aromatic carbocycles. The van der Waals surface area contributed by atoms with E-state index in [1.165, 1.54) is 0 Å². The Labute approximate surface area is 111 Å². The third-order valence-electron chi connectivity index (χ3n) is 3.25. The van der Waals surface area contributed by atoms with Gasteiger partial charge >= 0.3 is 0 Å². The molecule has 1 amide bonds. The topological polar surface area (TPSA) is 50.2 Å². The number of aryl methyl sites for hydroxylation is 1. The molecule has 5 heteroatoms. The molecule has 0 atom stereocenters. The fourth-order valence-electron chi connectivity index (χ4n) is 2.32. The van der Waals surface area contributed by atoms with E-state index in [2.05, 4.69) is 10.4 Å². The molecule has 0 aliphatic carbocycles. The average molecular weight is 256 g/mol. The number of hydrogen-bond acceptors (Lipinski definition) is 3. The van der Waals surface area contributed by atoms with E-state index in [-0.39, 0.29) is 5.91 Å². The van der Waals surface area contributed by atoms with E-state index in [0.717, 1.165) is 24.3 Å². The Kier molecular flexibility index (Phi) is 2.95. The van der Waals surface area contributed by atoms with Gasteiger partial charge in [0.2, 0.25) is 0 Å². The van der Waals surface area contributed by atoms with Gasteiger partial charge in [-0.2, -0.15) is 5.10 Å². The van der Waals surface area contributed by atoms with E-state index in [0.29, 0.717) is 12.2 Å². The second kappa shape index (κ2) is 4.76. The minimum absolute atomic E-state index is 0.0447. The molecule has 0 unspecified atom stereocenters. The summed E-state index contributed by atoms with van der Waals surface area (Å²) in [5.74, 6) is -0.0447. The summed E-state index contributed by atoms with van der Waals surface area (Å²) in [6, 6.07) is 9.64. The Morgan fingerprint density at radius 1 is 1.32 bits per heavy atom. The maximum atomic E-state index is 12.6. The molecular formula is C14H16N4O. The fourth-order valence-corrected chi connectivity index (χ4v) is 2.32. The van der Waals surface area contributed by atoms with Gasteiger partial charge in [-0.15, -0.1) is 0 Å². The van der Waals surface area contributed by atoms with Crippen molar-refractivity contribution in [3.63, 3.8) is 0 Å². The van der Waals surface area contributed by atoms with E-state index in [9.17, 15) is 4.79 Å². The quantitative estimate of drug-likeness (QED) is 0.847. The third kappa shape index (κ3) is 2.19. The normalized spacial score (nSPS) is 14.5. The predicted molar refractivity (Wildman–Crippen MR) is 74.4 cm³/mol. The van der Waals surface area contributed by atoms with Gasteiger partial charge in [-0.05, 0) is 24.6 Å². The van der Waals surface area contributed by atoms with Gasteiger partial charge in [-0.25, -0.2) is 0 Å². The third-order valence-corrected chi connectivity index (χ3v) is 3.25. The van der Waals surface area contributed by atoms with Gasteiger partial charge in [0.25, 0.3) is 5.91 Å². The van der Waals surface area contributed by atoms with Crippen molar-refractivity contribution in [1.82, 2.24) is 9.78 Å². The number of nitrogens with one attached hydrogen (secondary N) is 1. The second-order valence-corrected chi connectivity index (χ2v) is 4.63. The first-order valence-corrected chi connectivity index (χ1v) is 6.40. The van der Waals surface area contributed by atoms with Crippen LogP contribution in [0, 0.1) is 0 Å². The maximum Gasteiger partial charge on any atom is 0.278 e. The Morgan fingerprint density at radius 2 is 2.16 bits per heavy atom. The molecular weight excluding hydrogens is 240 g/mol. The minimum atomic E-state index is -0.0447. The smallest absolute Gasteiger partial charge is 0.278 e. The summed E-state index contributed by atoms with van der Waals surface area (Å²) in [5, 5.41) is 7.54. The van der Waals surface area contributed by atoms with Crippen LogP contribution >= 0.6 is 0 Å². The Hall–Kier alpha value is -2.30. The van der Waals surface area contributed by atoms with Gasteiger partial charge in [-0.1, -0.05) is 12.1 Å². The zero-order chi connectivity index (χ0) is 13.2. The van der Waals surface area contributed by atoms with Crippen LogP contribution in [0.5, 0.6) is 0 Å². The summed E-state index contributed by atoms with van der Waals surface area (Å²) in [6.07, 6.45) is 2.71. The number of hydrogen-bond donors (Lipinski definition) is 1. The number of para-hydroxylation sites is 2. The molecule has 19 heavy (non-hydrogen) atoms. The lowest BCUT2D eigenvalue weighted by Crippen LogP contribution is -2.31. The minimum Gasteiger partial charge on any atom is -0.383 e. The molecule has 98 valence electrons. The van der Waals surface area contributed by atoms with Crippen LogP contribution in [0.4, 0.5) is 11.4 Å². The summed E-state index contributed by atoms with van der Waals surface area (Å²) in [7, 11) is 1.81. The maximum absolute atomic E-state index is 12.6. The van der Waals surface area contributed by atoms with Crippen molar-refractivity contribution in [3.8, 4) is 0 Å². The monoisotopic (exact) mass is 256 g/mol. The zero-order valence-corrected chi connectivity index (χ0v) is 10.8. The standard InChI is InChI=1S/C14H16N4O/c1-17-10-7-12(16-17)14(19)18-9-4-8-15-11-5-2-3-6-13(11)18/h2-3,5-7,10,15H,4,8-9H2,1H3. The van der Waals surface area contributed by atoms with Gasteiger partial charge in [-0.3, -0.25) is 9.48 Å². The van der Waals surface area contributed by atoms with Gasteiger partial charge in [0, 0.05) is 26.3 Å². The van der Waals surface area contributed by atoms with Crippen LogP contribution in [0.2, 0.25) is 0 Å².